The van der Waals surface area contributed by atoms with Crippen LogP contribution in [0.1, 0.15) is 24.0 Å². The number of aliphatic carboxylic acids is 1. The summed E-state index contributed by atoms with van der Waals surface area (Å²) in [5.41, 5.74) is 3.22. The summed E-state index contributed by atoms with van der Waals surface area (Å²) >= 11 is 0. The van der Waals surface area contributed by atoms with E-state index < -0.39 is 5.97 Å². The molecular formula is C17H16O2. The van der Waals surface area contributed by atoms with Crippen LogP contribution < -0.4 is 0 Å². The lowest BCUT2D eigenvalue weighted by atomic mass is 9.98. The molecule has 0 fully saturated rings. The van der Waals surface area contributed by atoms with E-state index >= 15 is 0 Å². The van der Waals surface area contributed by atoms with Crippen LogP contribution >= 0.6 is 0 Å². The fourth-order valence-electron chi connectivity index (χ4n) is 1.94. The second-order valence-corrected chi connectivity index (χ2v) is 4.34. The molecule has 0 spiro atoms. The third kappa shape index (κ3) is 4.11. The molecule has 0 aliphatic rings. The van der Waals surface area contributed by atoms with E-state index in [-0.39, 0.29) is 6.42 Å². The van der Waals surface area contributed by atoms with Crippen LogP contribution in [0.5, 0.6) is 0 Å². The van der Waals surface area contributed by atoms with Gasteiger partial charge in [-0.3, -0.25) is 4.79 Å². The summed E-state index contributed by atoms with van der Waals surface area (Å²) in [6, 6.07) is 19.9. The summed E-state index contributed by atoms with van der Waals surface area (Å²) < 4.78 is 0. The van der Waals surface area contributed by atoms with Gasteiger partial charge in [-0.25, -0.2) is 0 Å². The predicted octanol–water partition coefficient (Wildman–Crippen LogP) is 4.09. The predicted molar refractivity (Wildman–Crippen MR) is 77.6 cm³/mol. The Bertz CT molecular complexity index is 556. The third-order valence-corrected chi connectivity index (χ3v) is 2.89. The van der Waals surface area contributed by atoms with Crippen molar-refractivity contribution < 1.29 is 9.90 Å². The standard InChI is InChI=1S/C17H16O2/c18-17(19)12-11-16(15-9-5-2-6-10-15)13-14-7-3-1-4-8-14/h1-10,13H,11-12H2,(H,18,19)/b16-13-. The van der Waals surface area contributed by atoms with Gasteiger partial charge in [-0.05, 0) is 23.1 Å². The molecule has 0 bridgehead atoms. The Hall–Kier alpha value is -2.35. The Morgan fingerprint density at radius 2 is 1.47 bits per heavy atom. The Morgan fingerprint density at radius 3 is 2.05 bits per heavy atom. The van der Waals surface area contributed by atoms with Crippen molar-refractivity contribution in [1.29, 1.82) is 0 Å². The van der Waals surface area contributed by atoms with Gasteiger partial charge >= 0.3 is 5.97 Å². The van der Waals surface area contributed by atoms with E-state index in [0.717, 1.165) is 16.7 Å². The molecule has 0 amide bonds. The minimum atomic E-state index is -0.769. The third-order valence-electron chi connectivity index (χ3n) is 2.89. The van der Waals surface area contributed by atoms with Crippen molar-refractivity contribution >= 4 is 17.6 Å². The van der Waals surface area contributed by atoms with Crippen molar-refractivity contribution in [2.24, 2.45) is 0 Å². The highest BCUT2D eigenvalue weighted by molar-refractivity contribution is 5.83. The van der Waals surface area contributed by atoms with Gasteiger partial charge in [0.2, 0.25) is 0 Å². The number of carbonyl (C=O) groups is 1. The molecule has 2 aromatic carbocycles. The van der Waals surface area contributed by atoms with Gasteiger partial charge in [0.15, 0.2) is 0 Å². The normalized spacial score (nSPS) is 11.3. The maximum Gasteiger partial charge on any atom is 0.303 e. The van der Waals surface area contributed by atoms with Gasteiger partial charge in [-0.15, -0.1) is 0 Å². The molecule has 0 aliphatic carbocycles. The average Bonchev–Trinajstić information content (AvgIpc) is 2.45. The summed E-state index contributed by atoms with van der Waals surface area (Å²) in [6.07, 6.45) is 2.74. The fourth-order valence-corrected chi connectivity index (χ4v) is 1.94. The molecule has 2 rings (SSSR count). The van der Waals surface area contributed by atoms with Gasteiger partial charge in [0.1, 0.15) is 0 Å². The molecule has 96 valence electrons. The number of carboxylic acids is 1. The molecule has 0 atom stereocenters. The van der Waals surface area contributed by atoms with Crippen LogP contribution in [0.2, 0.25) is 0 Å². The smallest absolute Gasteiger partial charge is 0.303 e. The highest BCUT2D eigenvalue weighted by atomic mass is 16.4. The first-order valence-corrected chi connectivity index (χ1v) is 6.28. The van der Waals surface area contributed by atoms with Crippen LogP contribution in [0, 0.1) is 0 Å². The van der Waals surface area contributed by atoms with E-state index in [1.807, 2.05) is 60.7 Å². The average molecular weight is 252 g/mol. The number of carboxylic acid groups (broad SMARTS) is 1. The second-order valence-electron chi connectivity index (χ2n) is 4.34. The molecule has 2 aromatic rings. The van der Waals surface area contributed by atoms with Crippen LogP contribution in [0.3, 0.4) is 0 Å². The van der Waals surface area contributed by atoms with Crippen molar-refractivity contribution in [3.05, 3.63) is 71.8 Å². The largest absolute Gasteiger partial charge is 0.481 e. The quantitative estimate of drug-likeness (QED) is 0.814. The summed E-state index contributed by atoms with van der Waals surface area (Å²) in [5.74, 6) is -0.769. The lowest BCUT2D eigenvalue weighted by Gasteiger charge is -2.07. The molecule has 0 unspecified atom stereocenters. The van der Waals surface area contributed by atoms with Gasteiger partial charge in [-0.1, -0.05) is 66.7 Å². The van der Waals surface area contributed by atoms with Crippen molar-refractivity contribution in [3.8, 4) is 0 Å². The zero-order chi connectivity index (χ0) is 13.5. The van der Waals surface area contributed by atoms with Gasteiger partial charge in [0.05, 0.1) is 0 Å². The van der Waals surface area contributed by atoms with Gasteiger partial charge in [-0.2, -0.15) is 0 Å². The summed E-state index contributed by atoms with van der Waals surface area (Å²) in [4.78, 5) is 10.8. The zero-order valence-corrected chi connectivity index (χ0v) is 10.6. The first kappa shape index (κ1) is 13.1. The first-order valence-electron chi connectivity index (χ1n) is 6.28. The molecule has 2 heteroatoms. The van der Waals surface area contributed by atoms with E-state index in [1.54, 1.807) is 0 Å². The topological polar surface area (TPSA) is 37.3 Å². The Labute approximate surface area is 113 Å². The molecule has 0 saturated heterocycles. The lowest BCUT2D eigenvalue weighted by Crippen LogP contribution is -1.95. The van der Waals surface area contributed by atoms with Crippen molar-refractivity contribution in [2.75, 3.05) is 0 Å². The van der Waals surface area contributed by atoms with Crippen LogP contribution in [0.15, 0.2) is 60.7 Å². The minimum absolute atomic E-state index is 0.146. The molecule has 1 N–H and O–H groups in total. The van der Waals surface area contributed by atoms with Crippen molar-refractivity contribution in [3.63, 3.8) is 0 Å². The number of hydrogen-bond donors (Lipinski definition) is 1. The molecule has 0 heterocycles. The van der Waals surface area contributed by atoms with Crippen molar-refractivity contribution in [2.45, 2.75) is 12.8 Å². The van der Waals surface area contributed by atoms with Gasteiger partial charge in [0.25, 0.3) is 0 Å². The Balaban J connectivity index is 2.29. The van der Waals surface area contributed by atoms with E-state index in [2.05, 4.69) is 6.08 Å². The van der Waals surface area contributed by atoms with Crippen LogP contribution in [-0.2, 0) is 4.79 Å². The van der Waals surface area contributed by atoms with E-state index in [0.29, 0.717) is 6.42 Å². The summed E-state index contributed by atoms with van der Waals surface area (Å²) in [6.45, 7) is 0. The lowest BCUT2D eigenvalue weighted by molar-refractivity contribution is -0.136. The highest BCUT2D eigenvalue weighted by Crippen LogP contribution is 2.22. The second kappa shape index (κ2) is 6.55. The monoisotopic (exact) mass is 252 g/mol. The Kier molecular flexibility index (Phi) is 4.51. The highest BCUT2D eigenvalue weighted by Gasteiger charge is 2.05. The first-order chi connectivity index (χ1) is 9.25. The number of rotatable bonds is 5. The van der Waals surface area contributed by atoms with E-state index in [4.69, 9.17) is 5.11 Å². The van der Waals surface area contributed by atoms with Crippen LogP contribution in [0.25, 0.3) is 11.6 Å². The molecule has 19 heavy (non-hydrogen) atoms. The number of allylic oxidation sites excluding steroid dienone is 1. The number of hydrogen-bond acceptors (Lipinski definition) is 1. The summed E-state index contributed by atoms with van der Waals surface area (Å²) in [5, 5.41) is 8.85. The van der Waals surface area contributed by atoms with E-state index in [9.17, 15) is 4.79 Å². The fraction of sp³-hybridized carbons (Fsp3) is 0.118. The zero-order valence-electron chi connectivity index (χ0n) is 10.6. The maximum atomic E-state index is 10.8. The molecular weight excluding hydrogens is 236 g/mol. The molecule has 0 aromatic heterocycles. The SMILES string of the molecule is O=C(O)CC/C(=C/c1ccccc1)c1ccccc1. The van der Waals surface area contributed by atoms with Crippen molar-refractivity contribution in [1.82, 2.24) is 0 Å². The maximum absolute atomic E-state index is 10.8. The molecule has 0 aliphatic heterocycles. The molecule has 0 saturated carbocycles. The summed E-state index contributed by atoms with van der Waals surface area (Å²) in [7, 11) is 0. The Morgan fingerprint density at radius 1 is 0.895 bits per heavy atom. The van der Waals surface area contributed by atoms with Gasteiger partial charge in [0, 0.05) is 6.42 Å². The van der Waals surface area contributed by atoms with E-state index in [1.165, 1.54) is 0 Å². The van der Waals surface area contributed by atoms with Crippen LogP contribution in [0.4, 0.5) is 0 Å². The van der Waals surface area contributed by atoms with Crippen LogP contribution in [-0.4, -0.2) is 11.1 Å². The minimum Gasteiger partial charge on any atom is -0.481 e. The molecule has 0 radical (unpaired) electrons. The molecule has 2 nitrogen and oxygen atoms in total. The number of benzene rings is 2. The van der Waals surface area contributed by atoms with Gasteiger partial charge < -0.3 is 5.11 Å².